The Bertz CT molecular complexity index is 1240. The number of rotatable bonds is 8. The van der Waals surface area contributed by atoms with Gasteiger partial charge in [-0.15, -0.1) is 0 Å². The van der Waals surface area contributed by atoms with Gasteiger partial charge in [-0.1, -0.05) is 23.8 Å². The van der Waals surface area contributed by atoms with Crippen molar-refractivity contribution in [2.45, 2.75) is 33.2 Å². The van der Waals surface area contributed by atoms with E-state index in [2.05, 4.69) is 58.4 Å². The SMILES string of the molecule is Cc1ccc2c(c1)c(C(=O)N1CCN(CCc3ccc(F)cc3)CC1)c(C)n2CCCN1CCN(C)CC1. The molecule has 2 aromatic carbocycles. The highest BCUT2D eigenvalue weighted by molar-refractivity contribution is 6.08. The van der Waals surface area contributed by atoms with Gasteiger partial charge in [0.05, 0.1) is 5.56 Å². The van der Waals surface area contributed by atoms with Crippen molar-refractivity contribution in [2.75, 3.05) is 72.5 Å². The van der Waals surface area contributed by atoms with E-state index in [-0.39, 0.29) is 11.7 Å². The molecule has 0 bridgehead atoms. The monoisotopic (exact) mass is 519 g/mol. The summed E-state index contributed by atoms with van der Waals surface area (Å²) in [5, 5.41) is 1.09. The molecule has 0 spiro atoms. The average Bonchev–Trinajstić information content (AvgIpc) is 3.19. The lowest BCUT2D eigenvalue weighted by atomic mass is 10.1. The van der Waals surface area contributed by atoms with E-state index >= 15 is 0 Å². The van der Waals surface area contributed by atoms with Gasteiger partial charge >= 0.3 is 0 Å². The molecule has 204 valence electrons. The number of piperazine rings is 2. The van der Waals surface area contributed by atoms with Gasteiger partial charge in [-0.2, -0.15) is 0 Å². The largest absolute Gasteiger partial charge is 0.344 e. The number of carbonyl (C=O) groups is 1. The van der Waals surface area contributed by atoms with Gasteiger partial charge in [0.15, 0.2) is 0 Å². The molecule has 2 saturated heterocycles. The highest BCUT2D eigenvalue weighted by atomic mass is 19.1. The lowest BCUT2D eigenvalue weighted by molar-refractivity contribution is 0.0639. The zero-order valence-corrected chi connectivity index (χ0v) is 23.3. The van der Waals surface area contributed by atoms with Gasteiger partial charge in [0.2, 0.25) is 0 Å². The van der Waals surface area contributed by atoms with E-state index in [9.17, 15) is 9.18 Å². The quantitative estimate of drug-likeness (QED) is 0.450. The molecule has 38 heavy (non-hydrogen) atoms. The van der Waals surface area contributed by atoms with Crippen molar-refractivity contribution in [3.8, 4) is 0 Å². The lowest BCUT2D eigenvalue weighted by Gasteiger charge is -2.35. The molecule has 0 aliphatic carbocycles. The second-order valence-corrected chi connectivity index (χ2v) is 11.1. The normalized spacial score (nSPS) is 17.9. The average molecular weight is 520 g/mol. The second-order valence-electron chi connectivity index (χ2n) is 11.1. The van der Waals surface area contributed by atoms with Crippen molar-refractivity contribution in [2.24, 2.45) is 0 Å². The number of fused-ring (bicyclic) bond motifs is 1. The Hall–Kier alpha value is -2.74. The summed E-state index contributed by atoms with van der Waals surface area (Å²) in [6.45, 7) is 15.0. The summed E-state index contributed by atoms with van der Waals surface area (Å²) in [7, 11) is 2.20. The predicted octanol–water partition coefficient (Wildman–Crippen LogP) is 4.04. The molecule has 5 rings (SSSR count). The predicted molar refractivity (Wildman–Crippen MR) is 152 cm³/mol. The van der Waals surface area contributed by atoms with Crippen LogP contribution >= 0.6 is 0 Å². The van der Waals surface area contributed by atoms with Crippen LogP contribution in [0, 0.1) is 19.7 Å². The molecule has 2 fully saturated rings. The van der Waals surface area contributed by atoms with Crippen LogP contribution in [0.1, 0.15) is 33.6 Å². The molecule has 0 saturated carbocycles. The van der Waals surface area contributed by atoms with E-state index in [0.29, 0.717) is 0 Å². The summed E-state index contributed by atoms with van der Waals surface area (Å²) in [6.07, 6.45) is 1.98. The van der Waals surface area contributed by atoms with Crippen LogP contribution in [0.3, 0.4) is 0 Å². The van der Waals surface area contributed by atoms with Crippen LogP contribution in [0.5, 0.6) is 0 Å². The molecule has 2 aliphatic heterocycles. The number of amides is 1. The zero-order chi connectivity index (χ0) is 26.6. The molecular weight excluding hydrogens is 477 g/mol. The van der Waals surface area contributed by atoms with Crippen molar-refractivity contribution in [3.63, 3.8) is 0 Å². The Morgan fingerprint density at radius 1 is 0.816 bits per heavy atom. The summed E-state index contributed by atoms with van der Waals surface area (Å²) in [4.78, 5) is 23.3. The van der Waals surface area contributed by atoms with E-state index in [1.807, 2.05) is 17.0 Å². The standard InChI is InChI=1S/C31H42FN5O/c1-24-5-10-29-28(23-24)30(25(2)37(29)13-4-12-34-17-15-33(3)16-18-34)31(38)36-21-19-35(20-22-36)14-11-26-6-8-27(32)9-7-26/h5-10,23H,4,11-22H2,1-3H3. The molecule has 0 radical (unpaired) electrons. The lowest BCUT2D eigenvalue weighted by Crippen LogP contribution is -2.49. The molecule has 1 amide bonds. The smallest absolute Gasteiger partial charge is 0.256 e. The fourth-order valence-electron chi connectivity index (χ4n) is 5.95. The third-order valence-corrected chi connectivity index (χ3v) is 8.43. The van der Waals surface area contributed by atoms with Gasteiger partial charge in [0.25, 0.3) is 5.91 Å². The summed E-state index contributed by atoms with van der Waals surface area (Å²) in [5.41, 5.74) is 5.48. The Labute approximate surface area is 226 Å². The van der Waals surface area contributed by atoms with Crippen molar-refractivity contribution in [3.05, 3.63) is 70.7 Å². The minimum atomic E-state index is -0.192. The van der Waals surface area contributed by atoms with E-state index in [1.54, 1.807) is 0 Å². The Morgan fingerprint density at radius 3 is 2.18 bits per heavy atom. The van der Waals surface area contributed by atoms with Crippen molar-refractivity contribution in [1.29, 1.82) is 0 Å². The molecule has 0 N–H and O–H groups in total. The molecule has 2 aliphatic rings. The third-order valence-electron chi connectivity index (χ3n) is 8.43. The molecule has 3 aromatic rings. The number of aromatic nitrogens is 1. The summed E-state index contributed by atoms with van der Waals surface area (Å²) < 4.78 is 15.6. The van der Waals surface area contributed by atoms with Gasteiger partial charge in [-0.3, -0.25) is 9.69 Å². The van der Waals surface area contributed by atoms with Gasteiger partial charge < -0.3 is 19.3 Å². The number of hydrogen-bond donors (Lipinski definition) is 0. The minimum absolute atomic E-state index is 0.161. The van der Waals surface area contributed by atoms with Gasteiger partial charge in [-0.25, -0.2) is 4.39 Å². The van der Waals surface area contributed by atoms with Gasteiger partial charge in [0, 0.05) is 82.0 Å². The maximum Gasteiger partial charge on any atom is 0.256 e. The highest BCUT2D eigenvalue weighted by Gasteiger charge is 2.27. The van der Waals surface area contributed by atoms with Gasteiger partial charge in [-0.05, 0) is 70.1 Å². The number of nitrogens with zero attached hydrogens (tertiary/aromatic N) is 5. The molecule has 6 nitrogen and oxygen atoms in total. The Balaban J connectivity index is 1.23. The van der Waals surface area contributed by atoms with Crippen LogP contribution in [0.4, 0.5) is 4.39 Å². The number of likely N-dealkylation sites (N-methyl/N-ethyl adjacent to an activating group) is 1. The molecule has 3 heterocycles. The summed E-state index contributed by atoms with van der Waals surface area (Å²) in [6, 6.07) is 13.3. The maximum atomic E-state index is 13.9. The Kier molecular flexibility index (Phi) is 8.46. The Morgan fingerprint density at radius 2 is 1.47 bits per heavy atom. The second kappa shape index (κ2) is 12.0. The van der Waals surface area contributed by atoms with E-state index in [1.165, 1.54) is 23.2 Å². The van der Waals surface area contributed by atoms with Crippen molar-refractivity contribution in [1.82, 2.24) is 24.2 Å². The van der Waals surface area contributed by atoms with E-state index < -0.39 is 0 Å². The number of aryl methyl sites for hydroxylation is 2. The fraction of sp³-hybridized carbons (Fsp3) is 0.516. The van der Waals surface area contributed by atoms with Crippen LogP contribution in [-0.2, 0) is 13.0 Å². The molecule has 0 unspecified atom stereocenters. The van der Waals surface area contributed by atoms with Crippen molar-refractivity contribution >= 4 is 16.8 Å². The number of benzene rings is 2. The van der Waals surface area contributed by atoms with Crippen LogP contribution in [0.15, 0.2) is 42.5 Å². The molecule has 1 aromatic heterocycles. The molecule has 7 heteroatoms. The fourth-order valence-corrected chi connectivity index (χ4v) is 5.95. The zero-order valence-electron chi connectivity index (χ0n) is 23.3. The number of carbonyl (C=O) groups excluding carboxylic acids is 1. The highest BCUT2D eigenvalue weighted by Crippen LogP contribution is 2.29. The van der Waals surface area contributed by atoms with Crippen molar-refractivity contribution < 1.29 is 9.18 Å². The summed E-state index contributed by atoms with van der Waals surface area (Å²) in [5.74, 6) is -0.0307. The van der Waals surface area contributed by atoms with E-state index in [0.717, 1.165) is 107 Å². The first kappa shape index (κ1) is 26.9. The first-order chi connectivity index (χ1) is 18.4. The summed E-state index contributed by atoms with van der Waals surface area (Å²) >= 11 is 0. The minimum Gasteiger partial charge on any atom is -0.344 e. The van der Waals surface area contributed by atoms with Crippen LogP contribution < -0.4 is 0 Å². The first-order valence-corrected chi connectivity index (χ1v) is 14.2. The third kappa shape index (κ3) is 6.11. The first-order valence-electron chi connectivity index (χ1n) is 14.2. The van der Waals surface area contributed by atoms with Crippen LogP contribution in [0.2, 0.25) is 0 Å². The van der Waals surface area contributed by atoms with Gasteiger partial charge in [0.1, 0.15) is 5.82 Å². The molecule has 0 atom stereocenters. The number of hydrogen-bond acceptors (Lipinski definition) is 4. The van der Waals surface area contributed by atoms with Crippen LogP contribution in [0.25, 0.3) is 10.9 Å². The van der Waals surface area contributed by atoms with Crippen LogP contribution in [-0.4, -0.2) is 103 Å². The number of halogens is 1. The maximum absolute atomic E-state index is 13.9. The van der Waals surface area contributed by atoms with E-state index in [4.69, 9.17) is 0 Å². The topological polar surface area (TPSA) is 35.0 Å². The molecular formula is C31H42FN5O.